The van der Waals surface area contributed by atoms with Gasteiger partial charge in [-0.25, -0.2) is 0 Å². The van der Waals surface area contributed by atoms with Crippen LogP contribution in [0.25, 0.3) is 0 Å². The van der Waals surface area contributed by atoms with Crippen LogP contribution in [0.3, 0.4) is 0 Å². The molecule has 0 atom stereocenters. The third kappa shape index (κ3) is 3.96. The number of nitrogens with zero attached hydrogens (tertiary/aromatic N) is 2. The number of aromatic nitrogens is 1. The number of nitro groups is 1. The van der Waals surface area contributed by atoms with Gasteiger partial charge >= 0.3 is 0 Å². The molecule has 5 nitrogen and oxygen atoms in total. The monoisotopic (exact) mass is 336 g/mol. The molecule has 20 heavy (non-hydrogen) atoms. The van der Waals surface area contributed by atoms with E-state index in [1.54, 1.807) is 4.57 Å². The standard InChI is InChI=1S/C14H13N2O3.BrH/c1-11-6-8-15(9-7-11)10-14(17)12-2-4-13(5-3-12)16(18)19;/h2-9H,10H2,1H3;1H/q+1;/p-1. The van der Waals surface area contributed by atoms with Crippen molar-refractivity contribution in [2.45, 2.75) is 13.5 Å². The van der Waals surface area contributed by atoms with Crippen molar-refractivity contribution in [3.8, 4) is 0 Å². The van der Waals surface area contributed by atoms with Crippen molar-refractivity contribution >= 4 is 11.5 Å². The number of hydrogen-bond acceptors (Lipinski definition) is 3. The van der Waals surface area contributed by atoms with E-state index in [4.69, 9.17) is 0 Å². The molecule has 0 spiro atoms. The van der Waals surface area contributed by atoms with Crippen molar-refractivity contribution in [2.75, 3.05) is 0 Å². The number of Topliss-reactive ketones (excluding diaryl/α,β-unsaturated/α-hetero) is 1. The summed E-state index contributed by atoms with van der Waals surface area (Å²) in [6.45, 7) is 2.20. The number of pyridine rings is 1. The predicted molar refractivity (Wildman–Crippen MR) is 68.8 cm³/mol. The second-order valence-corrected chi connectivity index (χ2v) is 4.27. The van der Waals surface area contributed by atoms with Crippen molar-refractivity contribution in [2.24, 2.45) is 0 Å². The number of hydrogen-bond donors (Lipinski definition) is 0. The molecule has 0 saturated heterocycles. The fraction of sp³-hybridized carbons (Fsp3) is 0.143. The van der Waals surface area contributed by atoms with Gasteiger partial charge in [-0.2, -0.15) is 4.57 Å². The summed E-state index contributed by atoms with van der Waals surface area (Å²) in [6, 6.07) is 9.48. The van der Waals surface area contributed by atoms with Crippen LogP contribution in [0.15, 0.2) is 48.8 Å². The molecule has 0 aliphatic heterocycles. The van der Waals surface area contributed by atoms with E-state index in [0.29, 0.717) is 5.56 Å². The van der Waals surface area contributed by atoms with E-state index in [0.717, 1.165) is 5.56 Å². The normalized spacial score (nSPS) is 9.65. The summed E-state index contributed by atoms with van der Waals surface area (Å²) in [7, 11) is 0. The number of non-ortho nitro benzene ring substituents is 1. The number of rotatable bonds is 4. The molecule has 1 aromatic heterocycles. The highest BCUT2D eigenvalue weighted by Gasteiger charge is 2.13. The molecule has 2 aromatic rings. The first kappa shape index (κ1) is 16.0. The van der Waals surface area contributed by atoms with E-state index in [2.05, 4.69) is 0 Å². The fourth-order valence-corrected chi connectivity index (χ4v) is 1.66. The second kappa shape index (κ2) is 6.91. The van der Waals surface area contributed by atoms with Gasteiger partial charge in [0.25, 0.3) is 5.69 Å². The molecule has 6 heteroatoms. The van der Waals surface area contributed by atoms with Gasteiger partial charge < -0.3 is 17.0 Å². The zero-order valence-electron chi connectivity index (χ0n) is 10.8. The van der Waals surface area contributed by atoms with E-state index in [1.807, 2.05) is 31.5 Å². The maximum Gasteiger partial charge on any atom is 0.269 e. The lowest BCUT2D eigenvalue weighted by molar-refractivity contribution is -0.683. The third-order valence-corrected chi connectivity index (χ3v) is 2.78. The zero-order chi connectivity index (χ0) is 13.8. The van der Waals surface area contributed by atoms with Gasteiger partial charge in [0.05, 0.1) is 4.92 Å². The Balaban J connectivity index is 0.00000200. The van der Waals surface area contributed by atoms with Gasteiger partial charge in [0.15, 0.2) is 12.4 Å². The van der Waals surface area contributed by atoms with Gasteiger partial charge in [0, 0.05) is 29.8 Å². The van der Waals surface area contributed by atoms with Crippen molar-refractivity contribution in [1.29, 1.82) is 0 Å². The summed E-state index contributed by atoms with van der Waals surface area (Å²) in [5.74, 6) is -0.0799. The number of aryl methyl sites for hydroxylation is 1. The van der Waals surface area contributed by atoms with E-state index in [9.17, 15) is 14.9 Å². The largest absolute Gasteiger partial charge is 1.00 e. The van der Waals surface area contributed by atoms with Crippen LogP contribution in [0.5, 0.6) is 0 Å². The van der Waals surface area contributed by atoms with E-state index < -0.39 is 4.92 Å². The summed E-state index contributed by atoms with van der Waals surface area (Å²) in [5, 5.41) is 10.5. The first-order valence-corrected chi connectivity index (χ1v) is 5.79. The van der Waals surface area contributed by atoms with E-state index >= 15 is 0 Å². The average Bonchev–Trinajstić information content (AvgIpc) is 2.41. The van der Waals surface area contributed by atoms with Crippen molar-refractivity contribution in [3.05, 3.63) is 70.0 Å². The Kier molecular flexibility index (Phi) is 5.52. The molecule has 0 radical (unpaired) electrons. The molecule has 0 saturated carbocycles. The molecule has 104 valence electrons. The number of carbonyl (C=O) groups is 1. The highest BCUT2D eigenvalue weighted by molar-refractivity contribution is 5.95. The zero-order valence-corrected chi connectivity index (χ0v) is 12.4. The minimum absolute atomic E-state index is 0. The number of benzene rings is 1. The van der Waals surface area contributed by atoms with Crippen LogP contribution in [0, 0.1) is 17.0 Å². The quantitative estimate of drug-likeness (QED) is 0.314. The molecule has 1 aromatic carbocycles. The molecule has 1 heterocycles. The van der Waals surface area contributed by atoms with Crippen LogP contribution in [-0.2, 0) is 6.54 Å². The topological polar surface area (TPSA) is 64.1 Å². The minimum atomic E-state index is -0.483. The molecule has 0 bridgehead atoms. The fourth-order valence-electron chi connectivity index (χ4n) is 1.66. The summed E-state index contributed by atoms with van der Waals surface area (Å²) in [4.78, 5) is 22.0. The maximum atomic E-state index is 12.0. The van der Waals surface area contributed by atoms with Gasteiger partial charge in [0.1, 0.15) is 0 Å². The molecule has 0 aliphatic rings. The van der Waals surface area contributed by atoms with E-state index in [-0.39, 0.29) is 35.0 Å². The molecular formula is C14H13BrN2O3. The Morgan fingerprint density at radius 2 is 1.70 bits per heavy atom. The Bertz CT molecular complexity index is 609. The number of carbonyl (C=O) groups excluding carboxylic acids is 1. The van der Waals surface area contributed by atoms with Gasteiger partial charge in [-0.1, -0.05) is 0 Å². The molecule has 2 rings (SSSR count). The first-order chi connectivity index (χ1) is 9.06. The van der Waals surface area contributed by atoms with Crippen LogP contribution < -0.4 is 21.5 Å². The number of ketones is 1. The SMILES string of the molecule is Cc1cc[n+](CC(=O)c2ccc([N+](=O)[O-])cc2)cc1.[Br-]. The van der Waals surface area contributed by atoms with Crippen LogP contribution in [-0.4, -0.2) is 10.7 Å². The van der Waals surface area contributed by atoms with Crippen LogP contribution >= 0.6 is 0 Å². The predicted octanol–water partition coefficient (Wildman–Crippen LogP) is -0.922. The van der Waals surface area contributed by atoms with Crippen molar-refractivity contribution < 1.29 is 31.3 Å². The Labute approximate surface area is 126 Å². The van der Waals surface area contributed by atoms with Crippen LogP contribution in [0.4, 0.5) is 5.69 Å². The van der Waals surface area contributed by atoms with Gasteiger partial charge in [-0.05, 0) is 24.6 Å². The molecule has 0 unspecified atom stereocenters. The molecule has 0 N–H and O–H groups in total. The molecule has 0 amide bonds. The highest BCUT2D eigenvalue weighted by atomic mass is 79.9. The number of halogens is 1. The lowest BCUT2D eigenvalue weighted by atomic mass is 10.1. The highest BCUT2D eigenvalue weighted by Crippen LogP contribution is 2.12. The molecule has 0 aliphatic carbocycles. The smallest absolute Gasteiger partial charge is 0.269 e. The van der Waals surface area contributed by atoms with Gasteiger partial charge in [-0.15, -0.1) is 0 Å². The Morgan fingerprint density at radius 1 is 1.15 bits per heavy atom. The third-order valence-electron chi connectivity index (χ3n) is 2.78. The summed E-state index contributed by atoms with van der Waals surface area (Å²) < 4.78 is 1.77. The summed E-state index contributed by atoms with van der Waals surface area (Å²) in [5.41, 5.74) is 1.58. The van der Waals surface area contributed by atoms with Gasteiger partial charge in [-0.3, -0.25) is 14.9 Å². The van der Waals surface area contributed by atoms with E-state index in [1.165, 1.54) is 24.3 Å². The molecule has 0 fully saturated rings. The first-order valence-electron chi connectivity index (χ1n) is 5.79. The average molecular weight is 337 g/mol. The van der Waals surface area contributed by atoms with Gasteiger partial charge in [0.2, 0.25) is 12.3 Å². The maximum absolute atomic E-state index is 12.0. The van der Waals surface area contributed by atoms with Crippen LogP contribution in [0.2, 0.25) is 0 Å². The lowest BCUT2D eigenvalue weighted by Gasteiger charge is -1.98. The molecular weight excluding hydrogens is 324 g/mol. The second-order valence-electron chi connectivity index (χ2n) is 4.27. The number of nitro benzene ring substituents is 1. The van der Waals surface area contributed by atoms with Crippen LogP contribution in [0.1, 0.15) is 15.9 Å². The van der Waals surface area contributed by atoms with Crippen molar-refractivity contribution in [1.82, 2.24) is 0 Å². The van der Waals surface area contributed by atoms with Crippen molar-refractivity contribution in [3.63, 3.8) is 0 Å². The summed E-state index contributed by atoms with van der Waals surface area (Å²) in [6.07, 6.45) is 3.66. The summed E-state index contributed by atoms with van der Waals surface area (Å²) >= 11 is 0. The minimum Gasteiger partial charge on any atom is -1.00 e. The lowest BCUT2D eigenvalue weighted by Crippen LogP contribution is -3.00. The Morgan fingerprint density at radius 3 is 2.20 bits per heavy atom. The Hall–Kier alpha value is -2.08.